The van der Waals surface area contributed by atoms with Crippen LogP contribution in [0.2, 0.25) is 0 Å². The van der Waals surface area contributed by atoms with Gasteiger partial charge in [0.25, 0.3) is 5.91 Å². The van der Waals surface area contributed by atoms with Gasteiger partial charge in [0, 0.05) is 16.6 Å². The third kappa shape index (κ3) is 4.17. The van der Waals surface area contributed by atoms with Crippen LogP contribution in [-0.2, 0) is 9.53 Å². The minimum absolute atomic E-state index is 0.131. The number of benzene rings is 2. The molecule has 3 aromatic rings. The van der Waals surface area contributed by atoms with E-state index in [0.29, 0.717) is 22.2 Å². The van der Waals surface area contributed by atoms with Crippen LogP contribution in [0.1, 0.15) is 23.0 Å². The Morgan fingerprint density at radius 3 is 2.54 bits per heavy atom. The molecule has 0 radical (unpaired) electrons. The van der Waals surface area contributed by atoms with Crippen LogP contribution in [-0.4, -0.2) is 24.0 Å². The van der Waals surface area contributed by atoms with Gasteiger partial charge in [0.2, 0.25) is 5.76 Å². The van der Waals surface area contributed by atoms with E-state index in [0.717, 1.165) is 0 Å². The number of ether oxygens (including phenoxy) is 1. The molecule has 0 fully saturated rings. The number of imide groups is 1. The van der Waals surface area contributed by atoms with Gasteiger partial charge < -0.3 is 14.5 Å². The number of anilines is 1. The predicted molar refractivity (Wildman–Crippen MR) is 99.4 cm³/mol. The van der Waals surface area contributed by atoms with Crippen LogP contribution in [0.15, 0.2) is 52.9 Å². The van der Waals surface area contributed by atoms with Crippen LogP contribution in [0.5, 0.6) is 0 Å². The second-order valence-electron chi connectivity index (χ2n) is 6.05. The number of aryl methyl sites for hydroxylation is 1. The van der Waals surface area contributed by atoms with Gasteiger partial charge in [0.15, 0.2) is 6.10 Å². The summed E-state index contributed by atoms with van der Waals surface area (Å²) in [5, 5.41) is 5.00. The van der Waals surface area contributed by atoms with E-state index in [2.05, 4.69) is 10.6 Å². The fraction of sp³-hybridized carbons (Fsp3) is 0.150. The zero-order chi connectivity index (χ0) is 20.3. The molecule has 3 amide bonds. The van der Waals surface area contributed by atoms with Gasteiger partial charge in [-0.05, 0) is 44.2 Å². The van der Waals surface area contributed by atoms with E-state index >= 15 is 0 Å². The first-order valence-electron chi connectivity index (χ1n) is 8.41. The largest absolute Gasteiger partial charge is 0.449 e. The Morgan fingerprint density at radius 1 is 1.11 bits per heavy atom. The molecule has 28 heavy (non-hydrogen) atoms. The zero-order valence-corrected chi connectivity index (χ0v) is 15.1. The number of urea groups is 1. The summed E-state index contributed by atoms with van der Waals surface area (Å²) < 4.78 is 23.8. The second-order valence-corrected chi connectivity index (χ2v) is 6.05. The smallest absolute Gasteiger partial charge is 0.375 e. The van der Waals surface area contributed by atoms with Crippen molar-refractivity contribution in [1.29, 1.82) is 0 Å². The van der Waals surface area contributed by atoms with Crippen molar-refractivity contribution < 1.29 is 27.9 Å². The molecule has 0 aliphatic rings. The molecule has 1 atom stereocenters. The van der Waals surface area contributed by atoms with E-state index in [4.69, 9.17) is 9.15 Å². The Kier molecular flexibility index (Phi) is 5.39. The standard InChI is InChI=1S/C20H17FN2O5/c1-11-15-10-13(21)8-9-16(15)28-17(11)19(25)27-12(2)18(24)23-20(26)22-14-6-4-3-5-7-14/h3-10,12H,1-2H3,(H2,22,23,24,26). The minimum atomic E-state index is -1.25. The van der Waals surface area contributed by atoms with Gasteiger partial charge >= 0.3 is 12.0 Å². The van der Waals surface area contributed by atoms with E-state index in [1.165, 1.54) is 25.1 Å². The lowest BCUT2D eigenvalue weighted by Crippen LogP contribution is -2.41. The average Bonchev–Trinajstić information content (AvgIpc) is 2.98. The normalized spacial score (nSPS) is 11.7. The summed E-state index contributed by atoms with van der Waals surface area (Å²) in [6, 6.07) is 11.6. The lowest BCUT2D eigenvalue weighted by atomic mass is 10.1. The number of carbonyl (C=O) groups excluding carboxylic acids is 3. The number of carbonyl (C=O) groups is 3. The molecule has 0 spiro atoms. The molecular weight excluding hydrogens is 367 g/mol. The highest BCUT2D eigenvalue weighted by Gasteiger charge is 2.25. The third-order valence-corrected chi connectivity index (χ3v) is 4.01. The highest BCUT2D eigenvalue weighted by atomic mass is 19.1. The highest BCUT2D eigenvalue weighted by Crippen LogP contribution is 2.26. The Balaban J connectivity index is 1.63. The van der Waals surface area contributed by atoms with Crippen molar-refractivity contribution in [2.45, 2.75) is 20.0 Å². The maximum absolute atomic E-state index is 13.4. The van der Waals surface area contributed by atoms with Crippen LogP contribution < -0.4 is 10.6 Å². The number of esters is 1. The summed E-state index contributed by atoms with van der Waals surface area (Å²) in [6.45, 7) is 2.90. The van der Waals surface area contributed by atoms with Gasteiger partial charge in [0.1, 0.15) is 11.4 Å². The first kappa shape index (κ1) is 19.1. The van der Waals surface area contributed by atoms with E-state index in [1.807, 2.05) is 0 Å². The molecule has 2 aromatic carbocycles. The molecule has 1 heterocycles. The fourth-order valence-electron chi connectivity index (χ4n) is 2.55. The van der Waals surface area contributed by atoms with Crippen LogP contribution in [0, 0.1) is 12.7 Å². The van der Waals surface area contributed by atoms with Gasteiger partial charge in [-0.1, -0.05) is 18.2 Å². The second kappa shape index (κ2) is 7.91. The maximum atomic E-state index is 13.4. The lowest BCUT2D eigenvalue weighted by molar-refractivity contribution is -0.127. The van der Waals surface area contributed by atoms with Crippen LogP contribution >= 0.6 is 0 Å². The molecule has 2 N–H and O–H groups in total. The number of halogens is 1. The van der Waals surface area contributed by atoms with E-state index < -0.39 is 29.8 Å². The summed E-state index contributed by atoms with van der Waals surface area (Å²) in [6.07, 6.45) is -1.25. The molecule has 0 aliphatic heterocycles. The topological polar surface area (TPSA) is 97.6 Å². The van der Waals surface area contributed by atoms with Crippen LogP contribution in [0.4, 0.5) is 14.9 Å². The molecule has 0 aliphatic carbocycles. The van der Waals surface area contributed by atoms with E-state index in [1.54, 1.807) is 37.3 Å². The molecule has 1 unspecified atom stereocenters. The molecule has 144 valence electrons. The lowest BCUT2D eigenvalue weighted by Gasteiger charge is -2.12. The number of rotatable bonds is 4. The van der Waals surface area contributed by atoms with Crippen molar-refractivity contribution in [2.24, 2.45) is 0 Å². The van der Waals surface area contributed by atoms with Gasteiger partial charge in [0.05, 0.1) is 0 Å². The van der Waals surface area contributed by atoms with Crippen molar-refractivity contribution in [2.75, 3.05) is 5.32 Å². The van der Waals surface area contributed by atoms with Crippen molar-refractivity contribution in [1.82, 2.24) is 5.32 Å². The highest BCUT2D eigenvalue weighted by molar-refractivity contribution is 6.03. The van der Waals surface area contributed by atoms with Crippen molar-refractivity contribution in [3.8, 4) is 0 Å². The van der Waals surface area contributed by atoms with Gasteiger partial charge in [-0.3, -0.25) is 10.1 Å². The summed E-state index contributed by atoms with van der Waals surface area (Å²) in [4.78, 5) is 36.3. The number of amides is 3. The first-order chi connectivity index (χ1) is 13.3. The molecule has 1 aromatic heterocycles. The van der Waals surface area contributed by atoms with Crippen LogP contribution in [0.25, 0.3) is 11.0 Å². The van der Waals surface area contributed by atoms with E-state index in [-0.39, 0.29) is 5.76 Å². The quantitative estimate of drug-likeness (QED) is 0.667. The Morgan fingerprint density at radius 2 is 1.82 bits per heavy atom. The first-order valence-corrected chi connectivity index (χ1v) is 8.41. The summed E-state index contributed by atoms with van der Waals surface area (Å²) >= 11 is 0. The Bertz CT molecular complexity index is 1050. The average molecular weight is 384 g/mol. The number of furan rings is 1. The molecule has 8 heteroatoms. The number of fused-ring (bicyclic) bond motifs is 1. The molecule has 0 saturated heterocycles. The summed E-state index contributed by atoms with van der Waals surface area (Å²) in [7, 11) is 0. The summed E-state index contributed by atoms with van der Waals surface area (Å²) in [5.41, 5.74) is 1.22. The predicted octanol–water partition coefficient (Wildman–Crippen LogP) is 3.77. The van der Waals surface area contributed by atoms with Gasteiger partial charge in [-0.15, -0.1) is 0 Å². The zero-order valence-electron chi connectivity index (χ0n) is 15.1. The van der Waals surface area contributed by atoms with Crippen molar-refractivity contribution in [3.63, 3.8) is 0 Å². The molecule has 0 bridgehead atoms. The van der Waals surface area contributed by atoms with Crippen molar-refractivity contribution in [3.05, 3.63) is 65.7 Å². The molecule has 3 rings (SSSR count). The van der Waals surface area contributed by atoms with Gasteiger partial charge in [-0.25, -0.2) is 14.0 Å². The molecule has 7 nitrogen and oxygen atoms in total. The summed E-state index contributed by atoms with van der Waals surface area (Å²) in [5.74, 6) is -2.29. The van der Waals surface area contributed by atoms with Crippen LogP contribution in [0.3, 0.4) is 0 Å². The van der Waals surface area contributed by atoms with Crippen molar-refractivity contribution >= 4 is 34.6 Å². The minimum Gasteiger partial charge on any atom is -0.449 e. The molecule has 0 saturated carbocycles. The number of para-hydroxylation sites is 1. The monoisotopic (exact) mass is 384 g/mol. The third-order valence-electron chi connectivity index (χ3n) is 4.01. The number of hydrogen-bond donors (Lipinski definition) is 2. The Labute approximate surface area is 159 Å². The number of hydrogen-bond acceptors (Lipinski definition) is 5. The number of nitrogens with one attached hydrogen (secondary N) is 2. The fourth-order valence-corrected chi connectivity index (χ4v) is 2.55. The maximum Gasteiger partial charge on any atom is 0.375 e. The molecular formula is C20H17FN2O5. The van der Waals surface area contributed by atoms with Gasteiger partial charge in [-0.2, -0.15) is 0 Å². The van der Waals surface area contributed by atoms with E-state index in [9.17, 15) is 18.8 Å². The SMILES string of the molecule is Cc1c(C(=O)OC(C)C(=O)NC(=O)Nc2ccccc2)oc2ccc(F)cc12. The Hall–Kier alpha value is -3.68.